The molecular formula is C14H33N5O2S. The van der Waals surface area contributed by atoms with Crippen molar-refractivity contribution in [2.24, 2.45) is 4.99 Å². The van der Waals surface area contributed by atoms with Gasteiger partial charge in [-0.25, -0.2) is 13.1 Å². The second-order valence-corrected chi connectivity index (χ2v) is 7.70. The van der Waals surface area contributed by atoms with Crippen molar-refractivity contribution in [3.63, 3.8) is 0 Å². The highest BCUT2D eigenvalue weighted by Gasteiger charge is 2.12. The van der Waals surface area contributed by atoms with E-state index in [1.54, 1.807) is 7.05 Å². The lowest BCUT2D eigenvalue weighted by Gasteiger charge is -2.30. The zero-order valence-corrected chi connectivity index (χ0v) is 15.6. The number of hydrogen-bond acceptors (Lipinski definition) is 4. The first-order chi connectivity index (χ1) is 10.2. The quantitative estimate of drug-likeness (QED) is 0.302. The Bertz CT molecular complexity index is 413. The van der Waals surface area contributed by atoms with Gasteiger partial charge in [-0.3, -0.25) is 9.89 Å². The first-order valence-corrected chi connectivity index (χ1v) is 9.71. The van der Waals surface area contributed by atoms with Crippen molar-refractivity contribution in [2.45, 2.75) is 46.2 Å². The van der Waals surface area contributed by atoms with Crippen LogP contribution in [0, 0.1) is 0 Å². The largest absolute Gasteiger partial charge is 0.356 e. The second-order valence-electron chi connectivity index (χ2n) is 5.87. The zero-order chi connectivity index (χ0) is 17.2. The maximum atomic E-state index is 10.9. The van der Waals surface area contributed by atoms with Crippen LogP contribution in [0.5, 0.6) is 0 Å². The van der Waals surface area contributed by atoms with Gasteiger partial charge in [0.15, 0.2) is 5.96 Å². The van der Waals surface area contributed by atoms with E-state index in [0.29, 0.717) is 31.1 Å². The fourth-order valence-corrected chi connectivity index (χ4v) is 2.69. The van der Waals surface area contributed by atoms with Crippen molar-refractivity contribution in [1.29, 1.82) is 0 Å². The van der Waals surface area contributed by atoms with Gasteiger partial charge in [-0.05, 0) is 34.1 Å². The van der Waals surface area contributed by atoms with Crippen LogP contribution in [0.25, 0.3) is 0 Å². The second kappa shape index (κ2) is 10.8. The zero-order valence-electron chi connectivity index (χ0n) is 14.8. The number of aliphatic imine (C=N–C) groups is 1. The third-order valence-corrected chi connectivity index (χ3v) is 3.95. The third-order valence-electron chi connectivity index (χ3n) is 3.22. The molecule has 0 aromatic carbocycles. The molecule has 0 bridgehead atoms. The Hall–Kier alpha value is -0.860. The van der Waals surface area contributed by atoms with Gasteiger partial charge in [0.2, 0.25) is 10.0 Å². The molecule has 0 spiro atoms. The van der Waals surface area contributed by atoms with Crippen LogP contribution in [-0.2, 0) is 10.0 Å². The fraction of sp³-hybridized carbons (Fsp3) is 0.929. The third kappa shape index (κ3) is 10.8. The van der Waals surface area contributed by atoms with E-state index in [4.69, 9.17) is 0 Å². The van der Waals surface area contributed by atoms with Crippen molar-refractivity contribution >= 4 is 16.0 Å². The van der Waals surface area contributed by atoms with Gasteiger partial charge >= 0.3 is 0 Å². The number of sulfonamides is 1. The lowest BCUT2D eigenvalue weighted by atomic mass is 10.2. The molecule has 0 aliphatic rings. The molecule has 8 heteroatoms. The number of nitrogens with one attached hydrogen (secondary N) is 3. The first kappa shape index (κ1) is 21.1. The minimum Gasteiger partial charge on any atom is -0.356 e. The van der Waals surface area contributed by atoms with Crippen molar-refractivity contribution in [3.8, 4) is 0 Å². The van der Waals surface area contributed by atoms with E-state index in [0.717, 1.165) is 25.8 Å². The SMILES string of the molecule is CN=C(NCCCN(C(C)C)C(C)C)NCCNS(C)(=O)=O. The molecule has 132 valence electrons. The first-order valence-electron chi connectivity index (χ1n) is 7.82. The van der Waals surface area contributed by atoms with E-state index < -0.39 is 10.0 Å². The highest BCUT2D eigenvalue weighted by atomic mass is 32.2. The van der Waals surface area contributed by atoms with E-state index in [2.05, 4.69) is 52.9 Å². The number of guanidine groups is 1. The molecule has 0 atom stereocenters. The molecule has 0 aromatic heterocycles. The van der Waals surface area contributed by atoms with Crippen LogP contribution in [-0.4, -0.2) is 70.8 Å². The number of hydrogen-bond donors (Lipinski definition) is 3. The van der Waals surface area contributed by atoms with Crippen LogP contribution in [0.15, 0.2) is 4.99 Å². The molecular weight excluding hydrogens is 302 g/mol. The molecule has 0 aromatic rings. The van der Waals surface area contributed by atoms with Gasteiger partial charge in [-0.2, -0.15) is 0 Å². The predicted octanol–water partition coefficient (Wildman–Crippen LogP) is 0.210. The summed E-state index contributed by atoms with van der Waals surface area (Å²) in [6.45, 7) is 11.5. The normalized spacial score (nSPS) is 13.2. The molecule has 0 rings (SSSR count). The van der Waals surface area contributed by atoms with E-state index in [9.17, 15) is 8.42 Å². The van der Waals surface area contributed by atoms with Gasteiger partial charge < -0.3 is 10.6 Å². The van der Waals surface area contributed by atoms with Crippen LogP contribution < -0.4 is 15.4 Å². The summed E-state index contributed by atoms with van der Waals surface area (Å²) >= 11 is 0. The van der Waals surface area contributed by atoms with Crippen LogP contribution in [0.3, 0.4) is 0 Å². The minimum absolute atomic E-state index is 0.341. The van der Waals surface area contributed by atoms with Crippen LogP contribution in [0.2, 0.25) is 0 Å². The predicted molar refractivity (Wildman–Crippen MR) is 93.8 cm³/mol. The summed E-state index contributed by atoms with van der Waals surface area (Å²) in [5.74, 6) is 0.691. The summed E-state index contributed by atoms with van der Waals surface area (Å²) in [6, 6.07) is 1.08. The Morgan fingerprint density at radius 1 is 1.05 bits per heavy atom. The Kier molecular flexibility index (Phi) is 10.4. The summed E-state index contributed by atoms with van der Waals surface area (Å²) < 4.78 is 24.3. The number of nitrogens with zero attached hydrogens (tertiary/aromatic N) is 2. The summed E-state index contributed by atoms with van der Waals surface area (Å²) in [4.78, 5) is 6.56. The van der Waals surface area contributed by atoms with E-state index in [1.165, 1.54) is 0 Å². The summed E-state index contributed by atoms with van der Waals surface area (Å²) in [5, 5.41) is 6.31. The summed E-state index contributed by atoms with van der Waals surface area (Å²) in [7, 11) is -1.43. The van der Waals surface area contributed by atoms with Gasteiger partial charge in [-0.1, -0.05) is 0 Å². The standard InChI is InChI=1S/C14H33N5O2S/c1-12(2)19(13(3)4)11-7-8-16-14(15-5)17-9-10-18-22(6,20)21/h12-13,18H,7-11H2,1-6H3,(H2,15,16,17). The molecule has 3 N–H and O–H groups in total. The molecule has 0 aliphatic carbocycles. The van der Waals surface area contributed by atoms with E-state index >= 15 is 0 Å². The van der Waals surface area contributed by atoms with Gasteiger partial charge in [0.25, 0.3) is 0 Å². The summed E-state index contributed by atoms with van der Waals surface area (Å²) in [6.07, 6.45) is 2.17. The highest BCUT2D eigenvalue weighted by Crippen LogP contribution is 2.05. The van der Waals surface area contributed by atoms with Crippen molar-refractivity contribution in [1.82, 2.24) is 20.3 Å². The Morgan fingerprint density at radius 3 is 2.05 bits per heavy atom. The lowest BCUT2D eigenvalue weighted by molar-refractivity contribution is 0.173. The molecule has 0 saturated heterocycles. The molecule has 0 radical (unpaired) electrons. The lowest BCUT2D eigenvalue weighted by Crippen LogP contribution is -2.43. The van der Waals surface area contributed by atoms with E-state index in [-0.39, 0.29) is 0 Å². The molecule has 0 fully saturated rings. The van der Waals surface area contributed by atoms with Gasteiger partial charge in [0.05, 0.1) is 6.26 Å². The molecule has 0 heterocycles. The number of rotatable bonds is 10. The average molecular weight is 336 g/mol. The minimum atomic E-state index is -3.13. The molecule has 22 heavy (non-hydrogen) atoms. The van der Waals surface area contributed by atoms with Gasteiger partial charge in [0.1, 0.15) is 0 Å². The molecule has 7 nitrogen and oxygen atoms in total. The molecule has 0 saturated carbocycles. The maximum absolute atomic E-state index is 10.9. The van der Waals surface area contributed by atoms with Crippen molar-refractivity contribution < 1.29 is 8.42 Å². The Balaban J connectivity index is 3.92. The highest BCUT2D eigenvalue weighted by molar-refractivity contribution is 7.88. The molecule has 0 amide bonds. The monoisotopic (exact) mass is 335 g/mol. The smallest absolute Gasteiger partial charge is 0.208 e. The van der Waals surface area contributed by atoms with Gasteiger partial charge in [-0.15, -0.1) is 0 Å². The average Bonchev–Trinajstić information content (AvgIpc) is 2.38. The topological polar surface area (TPSA) is 85.8 Å². The van der Waals surface area contributed by atoms with Crippen molar-refractivity contribution in [2.75, 3.05) is 39.5 Å². The van der Waals surface area contributed by atoms with Crippen molar-refractivity contribution in [3.05, 3.63) is 0 Å². The Labute approximate surface area is 136 Å². The van der Waals surface area contributed by atoms with Crippen LogP contribution >= 0.6 is 0 Å². The Morgan fingerprint density at radius 2 is 1.59 bits per heavy atom. The van der Waals surface area contributed by atoms with E-state index in [1.807, 2.05) is 0 Å². The maximum Gasteiger partial charge on any atom is 0.208 e. The van der Waals surface area contributed by atoms with Gasteiger partial charge in [0, 0.05) is 45.3 Å². The fourth-order valence-electron chi connectivity index (χ4n) is 2.22. The summed E-state index contributed by atoms with van der Waals surface area (Å²) in [5.41, 5.74) is 0. The van der Waals surface area contributed by atoms with Crippen LogP contribution in [0.4, 0.5) is 0 Å². The van der Waals surface area contributed by atoms with Crippen LogP contribution in [0.1, 0.15) is 34.1 Å². The molecule has 0 unspecified atom stereocenters. The molecule has 0 aliphatic heterocycles.